The van der Waals surface area contributed by atoms with Crippen LogP contribution in [0.25, 0.3) is 0 Å². The molecule has 2 N–H and O–H groups in total. The van der Waals surface area contributed by atoms with Crippen LogP contribution in [0.4, 0.5) is 13.2 Å². The number of hydrogen-bond acceptors (Lipinski definition) is 3. The Kier molecular flexibility index (Phi) is 3.10. The lowest BCUT2D eigenvalue weighted by molar-refractivity contribution is -0.138. The first-order valence-corrected chi connectivity index (χ1v) is 4.03. The second kappa shape index (κ2) is 3.95. The van der Waals surface area contributed by atoms with E-state index in [1.54, 1.807) is 7.05 Å². The number of rotatable bonds is 3. The van der Waals surface area contributed by atoms with Crippen LogP contribution in [0.15, 0.2) is 6.33 Å². The van der Waals surface area contributed by atoms with E-state index < -0.39 is 18.6 Å². The summed E-state index contributed by atoms with van der Waals surface area (Å²) < 4.78 is 37.2. The van der Waals surface area contributed by atoms with Crippen molar-refractivity contribution in [1.82, 2.24) is 14.8 Å². The molecule has 1 atom stereocenters. The second-order valence-electron chi connectivity index (χ2n) is 3.08. The maximum absolute atomic E-state index is 11.9. The molecule has 0 aliphatic heterocycles. The van der Waals surface area contributed by atoms with Crippen LogP contribution in [0.5, 0.6) is 0 Å². The molecule has 1 aromatic rings. The highest BCUT2D eigenvalue weighted by Crippen LogP contribution is 2.21. The zero-order chi connectivity index (χ0) is 10.8. The third kappa shape index (κ3) is 3.33. The SMILES string of the molecule is Cn1ncnc1CC(N)CC(F)(F)F. The first-order valence-electron chi connectivity index (χ1n) is 4.03. The summed E-state index contributed by atoms with van der Waals surface area (Å²) in [4.78, 5) is 3.79. The summed E-state index contributed by atoms with van der Waals surface area (Å²) in [5.74, 6) is 0.460. The summed E-state index contributed by atoms with van der Waals surface area (Å²) >= 11 is 0. The molecule has 1 aromatic heterocycles. The van der Waals surface area contributed by atoms with Gasteiger partial charge in [-0.2, -0.15) is 18.3 Å². The van der Waals surface area contributed by atoms with Crippen LogP contribution in [0, 0.1) is 0 Å². The van der Waals surface area contributed by atoms with E-state index in [0.29, 0.717) is 5.82 Å². The van der Waals surface area contributed by atoms with Crippen molar-refractivity contribution in [3.63, 3.8) is 0 Å². The highest BCUT2D eigenvalue weighted by Gasteiger charge is 2.30. The molecule has 4 nitrogen and oxygen atoms in total. The van der Waals surface area contributed by atoms with Gasteiger partial charge in [0.1, 0.15) is 12.2 Å². The molecule has 0 aliphatic rings. The molecule has 0 saturated heterocycles. The van der Waals surface area contributed by atoms with E-state index in [9.17, 15) is 13.2 Å². The van der Waals surface area contributed by atoms with Gasteiger partial charge in [-0.1, -0.05) is 0 Å². The van der Waals surface area contributed by atoms with Gasteiger partial charge in [0, 0.05) is 19.5 Å². The van der Waals surface area contributed by atoms with E-state index in [1.165, 1.54) is 11.0 Å². The Balaban J connectivity index is 2.50. The number of aryl methyl sites for hydroxylation is 1. The van der Waals surface area contributed by atoms with Gasteiger partial charge in [0.25, 0.3) is 0 Å². The van der Waals surface area contributed by atoms with Crippen molar-refractivity contribution in [2.45, 2.75) is 25.1 Å². The zero-order valence-electron chi connectivity index (χ0n) is 7.62. The largest absolute Gasteiger partial charge is 0.390 e. The fourth-order valence-corrected chi connectivity index (χ4v) is 1.11. The fraction of sp³-hybridized carbons (Fsp3) is 0.714. The Morgan fingerprint density at radius 2 is 2.21 bits per heavy atom. The topological polar surface area (TPSA) is 56.7 Å². The molecule has 0 fully saturated rings. The van der Waals surface area contributed by atoms with E-state index in [0.717, 1.165) is 0 Å². The van der Waals surface area contributed by atoms with E-state index >= 15 is 0 Å². The van der Waals surface area contributed by atoms with E-state index in [2.05, 4.69) is 10.1 Å². The maximum Gasteiger partial charge on any atom is 0.390 e. The highest BCUT2D eigenvalue weighted by atomic mass is 19.4. The fourth-order valence-electron chi connectivity index (χ4n) is 1.11. The Morgan fingerprint density at radius 1 is 1.57 bits per heavy atom. The summed E-state index contributed by atoms with van der Waals surface area (Å²) in [7, 11) is 1.61. The zero-order valence-corrected chi connectivity index (χ0v) is 7.62. The summed E-state index contributed by atoms with van der Waals surface area (Å²) in [6.45, 7) is 0. The minimum absolute atomic E-state index is 0.0794. The number of alkyl halides is 3. The van der Waals surface area contributed by atoms with Gasteiger partial charge in [-0.15, -0.1) is 0 Å². The van der Waals surface area contributed by atoms with Crippen LogP contribution in [-0.4, -0.2) is 27.0 Å². The highest BCUT2D eigenvalue weighted by molar-refractivity contribution is 4.88. The predicted molar refractivity (Wildman–Crippen MR) is 43.4 cm³/mol. The molecular formula is C7H11F3N4. The molecule has 0 amide bonds. The lowest BCUT2D eigenvalue weighted by Crippen LogP contribution is -2.30. The van der Waals surface area contributed by atoms with Crippen molar-refractivity contribution >= 4 is 0 Å². The molecule has 0 radical (unpaired) electrons. The summed E-state index contributed by atoms with van der Waals surface area (Å²) in [6.07, 6.45) is -3.86. The predicted octanol–water partition coefficient (Wildman–Crippen LogP) is 0.637. The van der Waals surface area contributed by atoms with Crippen LogP contribution >= 0.6 is 0 Å². The van der Waals surface area contributed by atoms with Crippen molar-refractivity contribution in [1.29, 1.82) is 0 Å². The molecule has 0 aromatic carbocycles. The Morgan fingerprint density at radius 3 is 2.64 bits per heavy atom. The van der Waals surface area contributed by atoms with Crippen LogP contribution in [0.2, 0.25) is 0 Å². The summed E-state index contributed by atoms with van der Waals surface area (Å²) in [5.41, 5.74) is 5.32. The standard InChI is InChI=1S/C7H11F3N4/c1-14-6(12-4-13-14)2-5(11)3-7(8,9)10/h4-5H,2-3,11H2,1H3. The van der Waals surface area contributed by atoms with Gasteiger partial charge in [-0.05, 0) is 0 Å². The van der Waals surface area contributed by atoms with Gasteiger partial charge in [-0.3, -0.25) is 4.68 Å². The number of halogens is 3. The van der Waals surface area contributed by atoms with E-state index in [1.807, 2.05) is 0 Å². The van der Waals surface area contributed by atoms with E-state index in [-0.39, 0.29) is 6.42 Å². The van der Waals surface area contributed by atoms with Gasteiger partial charge in [0.2, 0.25) is 0 Å². The average molecular weight is 208 g/mol. The molecule has 0 bridgehead atoms. The molecule has 1 rings (SSSR count). The van der Waals surface area contributed by atoms with Gasteiger partial charge in [0.15, 0.2) is 0 Å². The van der Waals surface area contributed by atoms with Crippen molar-refractivity contribution in [2.24, 2.45) is 12.8 Å². The average Bonchev–Trinajstić information content (AvgIpc) is 2.32. The van der Waals surface area contributed by atoms with Crippen molar-refractivity contribution < 1.29 is 13.2 Å². The maximum atomic E-state index is 11.9. The third-order valence-electron chi connectivity index (χ3n) is 1.74. The smallest absolute Gasteiger partial charge is 0.327 e. The number of aromatic nitrogens is 3. The molecule has 7 heteroatoms. The van der Waals surface area contributed by atoms with Crippen LogP contribution in [0.1, 0.15) is 12.2 Å². The molecule has 0 aliphatic carbocycles. The van der Waals surface area contributed by atoms with Crippen LogP contribution < -0.4 is 5.73 Å². The van der Waals surface area contributed by atoms with Crippen molar-refractivity contribution in [3.8, 4) is 0 Å². The minimum atomic E-state index is -4.22. The summed E-state index contributed by atoms with van der Waals surface area (Å²) in [5, 5.41) is 3.73. The number of nitrogens with two attached hydrogens (primary N) is 1. The summed E-state index contributed by atoms with van der Waals surface area (Å²) in [6, 6.07) is -0.960. The number of hydrogen-bond donors (Lipinski definition) is 1. The second-order valence-corrected chi connectivity index (χ2v) is 3.08. The van der Waals surface area contributed by atoms with Gasteiger partial charge in [0.05, 0.1) is 6.42 Å². The van der Waals surface area contributed by atoms with Crippen molar-refractivity contribution in [3.05, 3.63) is 12.2 Å². The third-order valence-corrected chi connectivity index (χ3v) is 1.74. The Labute approximate surface area is 78.9 Å². The minimum Gasteiger partial charge on any atom is -0.327 e. The molecule has 1 unspecified atom stereocenters. The molecule has 0 spiro atoms. The van der Waals surface area contributed by atoms with E-state index in [4.69, 9.17) is 5.73 Å². The first-order chi connectivity index (χ1) is 6.38. The monoisotopic (exact) mass is 208 g/mol. The first kappa shape index (κ1) is 11.0. The molecular weight excluding hydrogens is 197 g/mol. The van der Waals surface area contributed by atoms with Crippen LogP contribution in [-0.2, 0) is 13.5 Å². The quantitative estimate of drug-likeness (QED) is 0.792. The molecule has 0 saturated carbocycles. The molecule has 14 heavy (non-hydrogen) atoms. The van der Waals surface area contributed by atoms with Gasteiger partial charge in [-0.25, -0.2) is 4.98 Å². The van der Waals surface area contributed by atoms with Gasteiger partial charge < -0.3 is 5.73 Å². The molecule has 1 heterocycles. The normalized spacial score (nSPS) is 14.4. The van der Waals surface area contributed by atoms with Gasteiger partial charge >= 0.3 is 6.18 Å². The van der Waals surface area contributed by atoms with Crippen molar-refractivity contribution in [2.75, 3.05) is 0 Å². The molecule has 80 valence electrons. The van der Waals surface area contributed by atoms with Crippen LogP contribution in [0.3, 0.4) is 0 Å². The lowest BCUT2D eigenvalue weighted by atomic mass is 10.1. The Hall–Kier alpha value is -1.11. The number of nitrogens with zero attached hydrogens (tertiary/aromatic N) is 3. The lowest BCUT2D eigenvalue weighted by Gasteiger charge is -2.12. The Bertz CT molecular complexity index is 293.